The van der Waals surface area contributed by atoms with Crippen LogP contribution in [0.1, 0.15) is 23.3 Å². The van der Waals surface area contributed by atoms with E-state index in [4.69, 9.17) is 4.74 Å². The predicted molar refractivity (Wildman–Crippen MR) is 141 cm³/mol. The van der Waals surface area contributed by atoms with Crippen LogP contribution in [0.15, 0.2) is 78.2 Å². The first-order valence-corrected chi connectivity index (χ1v) is 12.6. The predicted octanol–water partition coefficient (Wildman–Crippen LogP) is 4.90. The number of likely N-dealkylation sites (tertiary alicyclic amines) is 1. The monoisotopic (exact) mass is 489 g/mol. The molecule has 1 aliphatic heterocycles. The molecule has 0 bridgehead atoms. The van der Waals surface area contributed by atoms with Crippen LogP contribution < -0.4 is 10.1 Å². The number of hydrogen-bond acceptors (Lipinski definition) is 5. The fraction of sp³-hybridized carbons (Fsp3) is 0.286. The largest absolute Gasteiger partial charge is 0.497 e. The van der Waals surface area contributed by atoms with Crippen LogP contribution in [0, 0.1) is 0 Å². The van der Waals surface area contributed by atoms with Gasteiger partial charge in [0.25, 0.3) is 0 Å². The first kappa shape index (κ1) is 24.7. The number of carbonyl (C=O) groups excluding carboxylic acids is 2. The molecule has 2 heterocycles. The number of anilines is 1. The molecule has 7 heteroatoms. The van der Waals surface area contributed by atoms with Crippen LogP contribution in [0.25, 0.3) is 6.08 Å². The molecule has 0 unspecified atom stereocenters. The van der Waals surface area contributed by atoms with Crippen molar-refractivity contribution in [1.82, 2.24) is 9.80 Å². The van der Waals surface area contributed by atoms with E-state index in [1.807, 2.05) is 85.2 Å². The SMILES string of the molecule is COc1ccc(CN(C(=O)/C=C/c2cccs2)C2(C(=O)Nc3ccccc3)CCN(C)CC2)cc1. The van der Waals surface area contributed by atoms with E-state index in [0.29, 0.717) is 19.4 Å². The Bertz CT molecular complexity index is 1140. The van der Waals surface area contributed by atoms with Crippen LogP contribution in [0.5, 0.6) is 5.75 Å². The van der Waals surface area contributed by atoms with Gasteiger partial charge < -0.3 is 19.9 Å². The van der Waals surface area contributed by atoms with Crippen LogP contribution in [-0.2, 0) is 16.1 Å². The van der Waals surface area contributed by atoms with Crippen LogP contribution >= 0.6 is 11.3 Å². The van der Waals surface area contributed by atoms with Gasteiger partial charge in [-0.1, -0.05) is 36.4 Å². The Labute approximate surface area is 210 Å². The summed E-state index contributed by atoms with van der Waals surface area (Å²) >= 11 is 1.57. The van der Waals surface area contributed by atoms with E-state index in [9.17, 15) is 9.59 Å². The maximum absolute atomic E-state index is 13.9. The average Bonchev–Trinajstić information content (AvgIpc) is 3.41. The van der Waals surface area contributed by atoms with Crippen LogP contribution in [-0.4, -0.2) is 54.4 Å². The Balaban J connectivity index is 1.70. The molecular formula is C28H31N3O3S. The summed E-state index contributed by atoms with van der Waals surface area (Å²) in [6.45, 7) is 1.77. The van der Waals surface area contributed by atoms with Crippen molar-refractivity contribution in [2.24, 2.45) is 0 Å². The molecule has 0 aliphatic carbocycles. The minimum Gasteiger partial charge on any atom is -0.497 e. The maximum atomic E-state index is 13.9. The van der Waals surface area contributed by atoms with Crippen LogP contribution in [0.4, 0.5) is 5.69 Å². The number of rotatable bonds is 8. The molecule has 0 spiro atoms. The molecule has 35 heavy (non-hydrogen) atoms. The molecule has 6 nitrogen and oxygen atoms in total. The molecule has 4 rings (SSSR count). The standard InChI is InChI=1S/C28H31N3O3S/c1-30-18-16-28(17-19-30,27(33)29-23-7-4-3-5-8-23)31(21-22-10-12-24(34-2)13-11-22)26(32)15-14-25-9-6-20-35-25/h3-15,20H,16-19,21H2,1-2H3,(H,29,33)/b15-14+. The van der Waals surface area contributed by atoms with Crippen LogP contribution in [0.2, 0.25) is 0 Å². The van der Waals surface area contributed by atoms with Gasteiger partial charge in [0.15, 0.2) is 0 Å². The summed E-state index contributed by atoms with van der Waals surface area (Å²) in [5.74, 6) is 0.421. The van der Waals surface area contributed by atoms with E-state index >= 15 is 0 Å². The Morgan fingerprint density at radius 1 is 1.06 bits per heavy atom. The first-order valence-electron chi connectivity index (χ1n) is 11.7. The Morgan fingerprint density at radius 2 is 1.77 bits per heavy atom. The lowest BCUT2D eigenvalue weighted by molar-refractivity contribution is -0.146. The highest BCUT2D eigenvalue weighted by Crippen LogP contribution is 2.33. The number of piperidine rings is 1. The summed E-state index contributed by atoms with van der Waals surface area (Å²) in [4.78, 5) is 32.6. The molecule has 3 aromatic rings. The second kappa shape index (κ2) is 11.3. The van der Waals surface area contributed by atoms with E-state index in [1.165, 1.54) is 0 Å². The molecule has 0 saturated carbocycles. The van der Waals surface area contributed by atoms with E-state index < -0.39 is 5.54 Å². The number of thiophene rings is 1. The molecule has 1 N–H and O–H groups in total. The summed E-state index contributed by atoms with van der Waals surface area (Å²) in [5, 5.41) is 5.06. The van der Waals surface area contributed by atoms with Gasteiger partial charge in [0, 0.05) is 36.3 Å². The number of benzene rings is 2. The highest BCUT2D eigenvalue weighted by Gasteiger charge is 2.47. The minimum atomic E-state index is -0.973. The molecule has 1 aliphatic rings. The van der Waals surface area contributed by atoms with Crippen molar-refractivity contribution in [2.75, 3.05) is 32.6 Å². The van der Waals surface area contributed by atoms with E-state index in [-0.39, 0.29) is 11.8 Å². The number of nitrogens with one attached hydrogen (secondary N) is 1. The molecule has 182 valence electrons. The highest BCUT2D eigenvalue weighted by molar-refractivity contribution is 7.10. The summed E-state index contributed by atoms with van der Waals surface area (Å²) < 4.78 is 5.29. The molecular weight excluding hydrogens is 458 g/mol. The third-order valence-corrected chi connectivity index (χ3v) is 7.32. The van der Waals surface area contributed by atoms with E-state index in [0.717, 1.165) is 35.0 Å². The van der Waals surface area contributed by atoms with Crippen LogP contribution in [0.3, 0.4) is 0 Å². The van der Waals surface area contributed by atoms with Crippen molar-refractivity contribution in [1.29, 1.82) is 0 Å². The van der Waals surface area contributed by atoms with Crippen molar-refractivity contribution < 1.29 is 14.3 Å². The van der Waals surface area contributed by atoms with Crippen molar-refractivity contribution in [3.05, 3.63) is 88.6 Å². The zero-order chi connectivity index (χ0) is 24.7. The number of amides is 2. The quantitative estimate of drug-likeness (QED) is 0.457. The van der Waals surface area contributed by atoms with Gasteiger partial charge in [0.2, 0.25) is 11.8 Å². The Hall–Kier alpha value is -3.42. The van der Waals surface area contributed by atoms with Gasteiger partial charge in [-0.05, 0) is 67.2 Å². The van der Waals surface area contributed by atoms with Gasteiger partial charge in [-0.3, -0.25) is 9.59 Å². The zero-order valence-corrected chi connectivity index (χ0v) is 21.0. The summed E-state index contributed by atoms with van der Waals surface area (Å²) in [6.07, 6.45) is 4.52. The number of hydrogen-bond donors (Lipinski definition) is 1. The number of methoxy groups -OCH3 is 1. The summed E-state index contributed by atoms with van der Waals surface area (Å²) in [5.41, 5.74) is 0.690. The summed E-state index contributed by atoms with van der Waals surface area (Å²) in [7, 11) is 3.67. The topological polar surface area (TPSA) is 61.9 Å². The Morgan fingerprint density at radius 3 is 2.40 bits per heavy atom. The third kappa shape index (κ3) is 5.99. The Kier molecular flexibility index (Phi) is 8.00. The van der Waals surface area contributed by atoms with Crippen molar-refractivity contribution in [3.63, 3.8) is 0 Å². The van der Waals surface area contributed by atoms with Gasteiger partial charge >= 0.3 is 0 Å². The first-order chi connectivity index (χ1) is 17.0. The molecule has 1 fully saturated rings. The summed E-state index contributed by atoms with van der Waals surface area (Å²) in [6, 6.07) is 21.0. The van der Waals surface area contributed by atoms with Crippen molar-refractivity contribution in [3.8, 4) is 5.75 Å². The lowest BCUT2D eigenvalue weighted by Gasteiger charge is -2.46. The van der Waals surface area contributed by atoms with Gasteiger partial charge in [0.05, 0.1) is 7.11 Å². The average molecular weight is 490 g/mol. The van der Waals surface area contributed by atoms with E-state index in [2.05, 4.69) is 10.2 Å². The van der Waals surface area contributed by atoms with Crippen molar-refractivity contribution in [2.45, 2.75) is 24.9 Å². The molecule has 1 aromatic heterocycles. The second-order valence-corrected chi connectivity index (χ2v) is 9.76. The van der Waals surface area contributed by atoms with Gasteiger partial charge in [-0.15, -0.1) is 11.3 Å². The third-order valence-electron chi connectivity index (χ3n) is 6.48. The van der Waals surface area contributed by atoms with Gasteiger partial charge in [-0.2, -0.15) is 0 Å². The number of carbonyl (C=O) groups is 2. The molecule has 0 radical (unpaired) electrons. The van der Waals surface area contributed by atoms with Crippen molar-refractivity contribution >= 4 is 34.9 Å². The molecule has 0 atom stereocenters. The lowest BCUT2D eigenvalue weighted by atomic mass is 9.83. The van der Waals surface area contributed by atoms with Gasteiger partial charge in [-0.25, -0.2) is 0 Å². The molecule has 2 amide bonds. The fourth-order valence-corrected chi connectivity index (χ4v) is 4.98. The molecule has 2 aromatic carbocycles. The lowest BCUT2D eigenvalue weighted by Crippen LogP contribution is -2.62. The zero-order valence-electron chi connectivity index (χ0n) is 20.1. The maximum Gasteiger partial charge on any atom is 0.250 e. The highest BCUT2D eigenvalue weighted by atomic mass is 32.1. The number of nitrogens with zero attached hydrogens (tertiary/aromatic N) is 2. The van der Waals surface area contributed by atoms with E-state index in [1.54, 1.807) is 29.4 Å². The number of ether oxygens (including phenoxy) is 1. The fourth-order valence-electron chi connectivity index (χ4n) is 4.36. The smallest absolute Gasteiger partial charge is 0.250 e. The second-order valence-electron chi connectivity index (χ2n) is 8.78. The normalized spacial score (nSPS) is 15.6. The van der Waals surface area contributed by atoms with Gasteiger partial charge in [0.1, 0.15) is 11.3 Å². The minimum absolute atomic E-state index is 0.150. The number of para-hydroxylation sites is 1. The molecule has 1 saturated heterocycles.